The average molecular weight is 235 g/mol. The van der Waals surface area contributed by atoms with E-state index >= 15 is 0 Å². The summed E-state index contributed by atoms with van der Waals surface area (Å²) in [5.74, 6) is -1.35. The van der Waals surface area contributed by atoms with Gasteiger partial charge in [-0.15, -0.1) is 0 Å². The summed E-state index contributed by atoms with van der Waals surface area (Å²) in [4.78, 5) is 18.9. The van der Waals surface area contributed by atoms with Crippen molar-refractivity contribution < 1.29 is 19.8 Å². The summed E-state index contributed by atoms with van der Waals surface area (Å²) in [6, 6.07) is 0. The number of carbonyl (C=O) groups excluding carboxylic acids is 2. The second-order valence-electron chi connectivity index (χ2n) is 1.69. The van der Waals surface area contributed by atoms with Crippen molar-refractivity contribution in [3.8, 4) is 0 Å². The van der Waals surface area contributed by atoms with Crippen LogP contribution in [0.4, 0.5) is 0 Å². The maximum Gasteiger partial charge on any atom is 2.00 e. The number of aliphatic carboxylic acids is 2. The van der Waals surface area contributed by atoms with Crippen LogP contribution >= 0.6 is 25.3 Å². The van der Waals surface area contributed by atoms with Crippen molar-refractivity contribution in [1.29, 1.82) is 0 Å². The van der Waals surface area contributed by atoms with Gasteiger partial charge in [0.15, 0.2) is 0 Å². The molecule has 0 aliphatic heterocycles. The summed E-state index contributed by atoms with van der Waals surface area (Å²) in [6.45, 7) is 0. The van der Waals surface area contributed by atoms with Crippen molar-refractivity contribution in [3.63, 3.8) is 0 Å². The van der Waals surface area contributed by atoms with Crippen molar-refractivity contribution in [2.75, 3.05) is 11.5 Å². The number of carboxylic acids is 2. The molecule has 0 saturated carbocycles. The maximum absolute atomic E-state index is 9.44. The van der Waals surface area contributed by atoms with Crippen LogP contribution in [0.25, 0.3) is 0 Å². The minimum atomic E-state index is -1.04. The predicted molar refractivity (Wildman–Crippen MR) is 52.7 cm³/mol. The van der Waals surface area contributed by atoms with Gasteiger partial charge in [-0.05, 0) is 24.3 Å². The molecule has 0 aromatic rings. The zero-order chi connectivity index (χ0) is 9.98. The van der Waals surface area contributed by atoms with Crippen LogP contribution in [0, 0.1) is 0 Å². The van der Waals surface area contributed by atoms with Crippen LogP contribution in [-0.2, 0) is 9.59 Å². The van der Waals surface area contributed by atoms with Gasteiger partial charge >= 0.3 is 23.1 Å². The van der Waals surface area contributed by atoms with Gasteiger partial charge in [0, 0.05) is 11.9 Å². The van der Waals surface area contributed by atoms with Crippen LogP contribution < -0.4 is 10.2 Å². The van der Waals surface area contributed by atoms with E-state index in [0.717, 1.165) is 0 Å². The average Bonchev–Trinajstić information content (AvgIpc) is 1.87. The molecule has 7 heteroatoms. The van der Waals surface area contributed by atoms with Crippen molar-refractivity contribution in [2.45, 2.75) is 12.8 Å². The molecular formula is C6H10MgO4S2. The molecule has 0 atom stereocenters. The SMILES string of the molecule is O=C([O-])CCS.O=C([O-])CCS.[Mg+2]. The monoisotopic (exact) mass is 234 g/mol. The van der Waals surface area contributed by atoms with E-state index in [1.54, 1.807) is 0 Å². The molecule has 0 aliphatic rings. The second kappa shape index (κ2) is 14.9. The molecule has 0 unspecified atom stereocenters. The Morgan fingerprint density at radius 2 is 1.15 bits per heavy atom. The first-order valence-corrected chi connectivity index (χ1v) is 4.42. The minimum absolute atomic E-state index is 0. The third-order valence-corrected chi connectivity index (χ3v) is 1.08. The number of hydrogen-bond acceptors (Lipinski definition) is 6. The number of carbonyl (C=O) groups is 2. The minimum Gasteiger partial charge on any atom is -0.550 e. The van der Waals surface area contributed by atoms with E-state index in [1.165, 1.54) is 0 Å². The standard InChI is InChI=1S/2C3H6O2S.Mg/c2*4-3(5)1-2-6;/h2*6H,1-2H2,(H,4,5);/q;;+2/p-2. The van der Waals surface area contributed by atoms with Crippen molar-refractivity contribution in [1.82, 2.24) is 0 Å². The fourth-order valence-electron chi connectivity index (χ4n) is 0.183. The smallest absolute Gasteiger partial charge is 0.550 e. The summed E-state index contributed by atoms with van der Waals surface area (Å²) < 4.78 is 0. The Kier molecular flexibility index (Phi) is 21.8. The van der Waals surface area contributed by atoms with Crippen molar-refractivity contribution >= 4 is 60.2 Å². The molecule has 0 saturated heterocycles. The van der Waals surface area contributed by atoms with Crippen molar-refractivity contribution in [3.05, 3.63) is 0 Å². The fourth-order valence-corrected chi connectivity index (χ4v) is 0.548. The summed E-state index contributed by atoms with van der Waals surface area (Å²) in [7, 11) is 0. The Balaban J connectivity index is -0.000000143. The van der Waals surface area contributed by atoms with E-state index in [9.17, 15) is 19.8 Å². The first-order chi connectivity index (χ1) is 5.54. The molecule has 0 heterocycles. The number of carboxylic acid groups (broad SMARTS) is 2. The van der Waals surface area contributed by atoms with Gasteiger partial charge in [-0.25, -0.2) is 0 Å². The Morgan fingerprint density at radius 1 is 0.923 bits per heavy atom. The molecule has 0 fully saturated rings. The van der Waals surface area contributed by atoms with E-state index in [4.69, 9.17) is 0 Å². The predicted octanol–water partition coefficient (Wildman–Crippen LogP) is -2.27. The number of hydrogen-bond donors (Lipinski definition) is 2. The molecule has 0 aromatic carbocycles. The molecule has 0 rings (SSSR count). The first kappa shape index (κ1) is 19.1. The van der Waals surface area contributed by atoms with Gasteiger partial charge in [-0.2, -0.15) is 25.3 Å². The van der Waals surface area contributed by atoms with E-state index in [2.05, 4.69) is 25.3 Å². The van der Waals surface area contributed by atoms with Crippen LogP contribution in [-0.4, -0.2) is 46.5 Å². The number of thiol groups is 2. The Bertz CT molecular complexity index is 127. The third kappa shape index (κ3) is 32.7. The topological polar surface area (TPSA) is 80.3 Å². The molecule has 0 aliphatic carbocycles. The van der Waals surface area contributed by atoms with E-state index < -0.39 is 11.9 Å². The van der Waals surface area contributed by atoms with Crippen LogP contribution in [0.2, 0.25) is 0 Å². The molecule has 13 heavy (non-hydrogen) atoms. The van der Waals surface area contributed by atoms with E-state index in [0.29, 0.717) is 11.5 Å². The van der Waals surface area contributed by atoms with Gasteiger partial charge in [0.2, 0.25) is 0 Å². The van der Waals surface area contributed by atoms with Gasteiger partial charge < -0.3 is 19.8 Å². The Hall–Kier alpha value is 0.406. The van der Waals surface area contributed by atoms with Crippen LogP contribution in [0.5, 0.6) is 0 Å². The Labute approximate surface area is 104 Å². The van der Waals surface area contributed by atoms with Crippen LogP contribution in [0.1, 0.15) is 12.8 Å². The van der Waals surface area contributed by atoms with Gasteiger partial charge in [-0.1, -0.05) is 0 Å². The Morgan fingerprint density at radius 3 is 1.15 bits per heavy atom. The van der Waals surface area contributed by atoms with Gasteiger partial charge in [0.1, 0.15) is 0 Å². The summed E-state index contributed by atoms with van der Waals surface area (Å²) >= 11 is 7.28. The second-order valence-corrected chi connectivity index (χ2v) is 2.59. The van der Waals surface area contributed by atoms with E-state index in [1.807, 2.05) is 0 Å². The third-order valence-electron chi connectivity index (χ3n) is 0.632. The molecular weight excluding hydrogens is 225 g/mol. The molecule has 0 amide bonds. The summed E-state index contributed by atoms with van der Waals surface area (Å²) in [6.07, 6.45) is 0.0895. The van der Waals surface area contributed by atoms with E-state index in [-0.39, 0.29) is 35.9 Å². The fraction of sp³-hybridized carbons (Fsp3) is 0.667. The molecule has 0 bridgehead atoms. The quantitative estimate of drug-likeness (QED) is 0.425. The van der Waals surface area contributed by atoms with Gasteiger partial charge in [0.05, 0.1) is 0 Å². The van der Waals surface area contributed by atoms with Gasteiger partial charge in [0.25, 0.3) is 0 Å². The number of rotatable bonds is 4. The molecule has 0 radical (unpaired) electrons. The first-order valence-electron chi connectivity index (χ1n) is 3.16. The van der Waals surface area contributed by atoms with Crippen molar-refractivity contribution in [2.24, 2.45) is 0 Å². The normalized spacial score (nSPS) is 7.54. The zero-order valence-electron chi connectivity index (χ0n) is 7.06. The molecule has 4 nitrogen and oxygen atoms in total. The summed E-state index contributed by atoms with van der Waals surface area (Å²) in [5, 5.41) is 18.9. The zero-order valence-corrected chi connectivity index (χ0v) is 10.3. The largest absolute Gasteiger partial charge is 2.00 e. The maximum atomic E-state index is 9.44. The summed E-state index contributed by atoms with van der Waals surface area (Å²) in [5.41, 5.74) is 0. The van der Waals surface area contributed by atoms with Crippen LogP contribution in [0.15, 0.2) is 0 Å². The molecule has 0 N–H and O–H groups in total. The molecule has 72 valence electrons. The van der Waals surface area contributed by atoms with Crippen LogP contribution in [0.3, 0.4) is 0 Å². The van der Waals surface area contributed by atoms with Gasteiger partial charge in [-0.3, -0.25) is 0 Å². The molecule has 0 spiro atoms. The molecule has 0 aromatic heterocycles.